The van der Waals surface area contributed by atoms with Gasteiger partial charge in [-0.1, -0.05) is 73.5 Å². The molecule has 1 amide bonds. The van der Waals surface area contributed by atoms with Crippen LogP contribution in [0.1, 0.15) is 47.9 Å². The summed E-state index contributed by atoms with van der Waals surface area (Å²) in [5.74, 6) is 0.922. The number of carboxylic acids is 1. The quantitative estimate of drug-likeness (QED) is 0.162. The highest BCUT2D eigenvalue weighted by Gasteiger charge is 2.34. The molecule has 7 nitrogen and oxygen atoms in total. The van der Waals surface area contributed by atoms with E-state index in [4.69, 9.17) is 25.7 Å². The van der Waals surface area contributed by atoms with Crippen LogP contribution in [0.5, 0.6) is 5.75 Å². The van der Waals surface area contributed by atoms with Crippen molar-refractivity contribution >= 4 is 34.2 Å². The minimum Gasteiger partial charge on any atom is -0.493 e. The normalized spacial score (nSPS) is 14.4. The number of amides is 1. The number of unbranched alkanes of at least 4 members (excludes halogenated alkanes) is 1. The molecule has 0 saturated heterocycles. The fourth-order valence-electron chi connectivity index (χ4n) is 5.83. The predicted octanol–water partition coefficient (Wildman–Crippen LogP) is 7.69. The van der Waals surface area contributed by atoms with Crippen molar-refractivity contribution < 1.29 is 23.8 Å². The van der Waals surface area contributed by atoms with Crippen molar-refractivity contribution in [3.05, 3.63) is 118 Å². The summed E-state index contributed by atoms with van der Waals surface area (Å²) >= 11 is 5.98. The minimum atomic E-state index is -1.01. The van der Waals surface area contributed by atoms with E-state index in [0.29, 0.717) is 29.7 Å². The van der Waals surface area contributed by atoms with Gasteiger partial charge in [0.2, 0.25) is 11.8 Å². The number of halogens is 1. The second-order valence-corrected chi connectivity index (χ2v) is 11.9. The number of aryl methyl sites for hydroxylation is 1. The van der Waals surface area contributed by atoms with Crippen LogP contribution < -0.4 is 4.74 Å². The molecular weight excluding hydrogens is 588 g/mol. The lowest BCUT2D eigenvalue weighted by atomic mass is 9.93. The number of carbonyl (C=O) groups is 2. The monoisotopic (exact) mass is 622 g/mol. The maximum atomic E-state index is 13.2. The zero-order valence-corrected chi connectivity index (χ0v) is 25.9. The van der Waals surface area contributed by atoms with E-state index in [1.165, 1.54) is 10.3 Å². The van der Waals surface area contributed by atoms with Gasteiger partial charge in [-0.3, -0.25) is 4.79 Å². The molecule has 5 aromatic rings. The maximum Gasteiger partial charge on any atom is 0.326 e. The highest BCUT2D eigenvalue weighted by Crippen LogP contribution is 2.30. The predicted molar refractivity (Wildman–Crippen MR) is 175 cm³/mol. The third-order valence-electron chi connectivity index (χ3n) is 8.32. The Balaban J connectivity index is 1.15. The molecule has 0 aliphatic carbocycles. The molecule has 1 aliphatic heterocycles. The van der Waals surface area contributed by atoms with Crippen LogP contribution in [-0.2, 0) is 41.8 Å². The first-order valence-electron chi connectivity index (χ1n) is 15.4. The van der Waals surface area contributed by atoms with E-state index in [0.717, 1.165) is 58.4 Å². The molecular formula is C37H35ClN2O5. The van der Waals surface area contributed by atoms with Crippen molar-refractivity contribution in [2.45, 2.75) is 58.0 Å². The second kappa shape index (κ2) is 13.6. The van der Waals surface area contributed by atoms with Gasteiger partial charge in [-0.15, -0.1) is 0 Å². The Bertz CT molecular complexity index is 1830. The summed E-state index contributed by atoms with van der Waals surface area (Å²) in [5.41, 5.74) is 4.42. The minimum absolute atomic E-state index is 0.103. The van der Waals surface area contributed by atoms with Crippen molar-refractivity contribution in [1.82, 2.24) is 9.88 Å². The summed E-state index contributed by atoms with van der Waals surface area (Å²) in [4.78, 5) is 31.7. The summed E-state index contributed by atoms with van der Waals surface area (Å²) in [6.45, 7) is 2.76. The van der Waals surface area contributed by atoms with Gasteiger partial charge >= 0.3 is 5.97 Å². The SMILES string of the molecule is CCCCc1oc(-c2ccc3ccccc3c2)nc1CCOc1ccc2c(c1)CN(C(=O)Cc1ccc(Cl)cc1)C(C(=O)O)C2. The Hall–Kier alpha value is -4.62. The molecule has 6 rings (SSSR count). The van der Waals surface area contributed by atoms with Crippen LogP contribution in [-0.4, -0.2) is 39.5 Å². The Kier molecular flexibility index (Phi) is 9.17. The van der Waals surface area contributed by atoms with Gasteiger partial charge in [-0.2, -0.15) is 0 Å². The molecule has 1 unspecified atom stereocenters. The van der Waals surface area contributed by atoms with E-state index in [9.17, 15) is 14.7 Å². The van der Waals surface area contributed by atoms with E-state index in [1.54, 1.807) is 24.3 Å². The van der Waals surface area contributed by atoms with Crippen LogP contribution >= 0.6 is 11.6 Å². The van der Waals surface area contributed by atoms with Crippen molar-refractivity contribution in [2.24, 2.45) is 0 Å². The van der Waals surface area contributed by atoms with Crippen molar-refractivity contribution in [1.29, 1.82) is 0 Å². The number of aliphatic carboxylic acids is 1. The highest BCUT2D eigenvalue weighted by molar-refractivity contribution is 6.30. The summed E-state index contributed by atoms with van der Waals surface area (Å²) in [7, 11) is 0. The lowest BCUT2D eigenvalue weighted by molar-refractivity contribution is -0.151. The van der Waals surface area contributed by atoms with Crippen LogP contribution in [0.4, 0.5) is 0 Å². The number of ether oxygens (including phenoxy) is 1. The van der Waals surface area contributed by atoms with Gasteiger partial charge in [0.25, 0.3) is 0 Å². The number of aromatic nitrogens is 1. The van der Waals surface area contributed by atoms with Gasteiger partial charge in [-0.25, -0.2) is 9.78 Å². The Morgan fingerprint density at radius 3 is 2.56 bits per heavy atom. The first kappa shape index (κ1) is 30.4. The van der Waals surface area contributed by atoms with Gasteiger partial charge in [0.1, 0.15) is 17.6 Å². The molecule has 1 aromatic heterocycles. The highest BCUT2D eigenvalue weighted by atomic mass is 35.5. The molecule has 230 valence electrons. The Morgan fingerprint density at radius 2 is 1.78 bits per heavy atom. The zero-order valence-electron chi connectivity index (χ0n) is 25.2. The van der Waals surface area contributed by atoms with E-state index in [2.05, 4.69) is 31.2 Å². The number of rotatable bonds is 11. The Morgan fingerprint density at radius 1 is 0.978 bits per heavy atom. The molecule has 45 heavy (non-hydrogen) atoms. The van der Waals surface area contributed by atoms with Crippen LogP contribution in [0, 0.1) is 0 Å². The first-order valence-corrected chi connectivity index (χ1v) is 15.7. The fraction of sp³-hybridized carbons (Fsp3) is 0.270. The van der Waals surface area contributed by atoms with Gasteiger partial charge < -0.3 is 19.2 Å². The first-order chi connectivity index (χ1) is 21.9. The molecule has 0 fully saturated rings. The Labute approximate surface area is 267 Å². The van der Waals surface area contributed by atoms with Crippen LogP contribution in [0.15, 0.2) is 89.3 Å². The number of fused-ring (bicyclic) bond motifs is 2. The lowest BCUT2D eigenvalue weighted by Gasteiger charge is -2.34. The molecule has 1 aliphatic rings. The van der Waals surface area contributed by atoms with E-state index in [-0.39, 0.29) is 25.3 Å². The fourth-order valence-corrected chi connectivity index (χ4v) is 5.96. The largest absolute Gasteiger partial charge is 0.493 e. The molecule has 1 atom stereocenters. The average molecular weight is 623 g/mol. The number of oxazole rings is 1. The third kappa shape index (κ3) is 7.04. The number of carbonyl (C=O) groups excluding carboxylic acids is 1. The average Bonchev–Trinajstić information content (AvgIpc) is 3.46. The lowest BCUT2D eigenvalue weighted by Crippen LogP contribution is -2.49. The molecule has 4 aromatic carbocycles. The number of hydrogen-bond donors (Lipinski definition) is 1. The van der Waals surface area contributed by atoms with Gasteiger partial charge in [0, 0.05) is 36.4 Å². The van der Waals surface area contributed by atoms with E-state index < -0.39 is 12.0 Å². The number of carboxylic acid groups (broad SMARTS) is 1. The summed E-state index contributed by atoms with van der Waals surface area (Å²) in [5, 5.41) is 12.8. The molecule has 0 radical (unpaired) electrons. The third-order valence-corrected chi connectivity index (χ3v) is 8.57. The number of nitrogens with zero attached hydrogens (tertiary/aromatic N) is 2. The smallest absolute Gasteiger partial charge is 0.326 e. The number of hydrogen-bond acceptors (Lipinski definition) is 5. The topological polar surface area (TPSA) is 92.9 Å². The maximum absolute atomic E-state index is 13.2. The molecule has 0 saturated carbocycles. The van der Waals surface area contributed by atoms with Crippen LogP contribution in [0.25, 0.3) is 22.2 Å². The van der Waals surface area contributed by atoms with Crippen LogP contribution in [0.2, 0.25) is 5.02 Å². The zero-order chi connectivity index (χ0) is 31.3. The second-order valence-electron chi connectivity index (χ2n) is 11.5. The van der Waals surface area contributed by atoms with Crippen LogP contribution in [0.3, 0.4) is 0 Å². The van der Waals surface area contributed by atoms with Gasteiger partial charge in [-0.05, 0) is 70.3 Å². The molecule has 1 N–H and O–H groups in total. The molecule has 0 spiro atoms. The summed E-state index contributed by atoms with van der Waals surface area (Å²) in [6.07, 6.45) is 3.81. The van der Waals surface area contributed by atoms with E-state index in [1.807, 2.05) is 36.4 Å². The molecule has 2 heterocycles. The van der Waals surface area contributed by atoms with E-state index >= 15 is 0 Å². The standard InChI is InChI=1S/C37H35ClN2O5/c1-2-3-8-34-32(39-36(45-34)28-12-11-25-6-4-5-7-26(25)20-28)17-18-44-31-16-13-27-22-33(37(42)43)40(23-29(27)21-31)35(41)19-24-9-14-30(38)15-10-24/h4-7,9-16,20-21,33H,2-3,8,17-19,22-23H2,1H3,(H,42,43). The van der Waals surface area contributed by atoms with Crippen molar-refractivity contribution in [3.63, 3.8) is 0 Å². The number of benzene rings is 4. The summed E-state index contributed by atoms with van der Waals surface area (Å²) < 4.78 is 12.5. The summed E-state index contributed by atoms with van der Waals surface area (Å²) in [6, 6.07) is 26.3. The van der Waals surface area contributed by atoms with Crippen molar-refractivity contribution in [3.8, 4) is 17.2 Å². The van der Waals surface area contributed by atoms with Gasteiger partial charge in [0.05, 0.1) is 18.7 Å². The van der Waals surface area contributed by atoms with Gasteiger partial charge in [0.15, 0.2) is 0 Å². The van der Waals surface area contributed by atoms with Crippen molar-refractivity contribution in [2.75, 3.05) is 6.61 Å². The molecule has 8 heteroatoms. The molecule has 0 bridgehead atoms.